The number of nitrogens with zero attached hydrogens (tertiary/aromatic N) is 6. The Hall–Kier alpha value is -7.18. The van der Waals surface area contributed by atoms with E-state index in [1.54, 1.807) is 22.7 Å². The van der Waals surface area contributed by atoms with E-state index in [0.29, 0.717) is 23.2 Å². The van der Waals surface area contributed by atoms with Crippen molar-refractivity contribution >= 4 is 74.4 Å². The Balaban J connectivity index is 1.08. The SMILES string of the molecule is [C-]#[N+]c1ccc(-c2ccc(-c3nc(-c4ccccc4)nc(-c4cccc5sc6c(-c7nc(C8=CCCC=C8)c8sc9ccccc9c8n7)cccc6c45)n3)cc2)cc1. The molecule has 0 radical (unpaired) electrons. The van der Waals surface area contributed by atoms with Crippen LogP contribution in [0, 0.1) is 6.57 Å². The largest absolute Gasteiger partial charge is 0.238 e. The molecule has 10 aromatic rings. The smallest absolute Gasteiger partial charge is 0.187 e. The summed E-state index contributed by atoms with van der Waals surface area (Å²) in [6.07, 6.45) is 8.81. The van der Waals surface area contributed by atoms with Crippen molar-refractivity contribution in [3.05, 3.63) is 175 Å². The first-order valence-electron chi connectivity index (χ1n) is 19.1. The molecule has 0 aliphatic heterocycles. The fourth-order valence-electron chi connectivity index (χ4n) is 7.79. The molecule has 4 aromatic heterocycles. The zero-order valence-electron chi connectivity index (χ0n) is 30.9. The normalized spacial score (nSPS) is 12.7. The van der Waals surface area contributed by atoms with Gasteiger partial charge in [0.15, 0.2) is 29.0 Å². The fourth-order valence-corrected chi connectivity index (χ4v) is 10.2. The monoisotopic (exact) mass is 778 g/mol. The van der Waals surface area contributed by atoms with Crippen LogP contribution in [-0.2, 0) is 0 Å². The highest BCUT2D eigenvalue weighted by Gasteiger charge is 2.22. The van der Waals surface area contributed by atoms with Gasteiger partial charge in [-0.1, -0.05) is 140 Å². The Morgan fingerprint density at radius 1 is 0.483 bits per heavy atom. The maximum atomic E-state index is 7.30. The molecule has 1 aliphatic carbocycles. The van der Waals surface area contributed by atoms with Crippen LogP contribution in [0.3, 0.4) is 0 Å². The molecule has 11 rings (SSSR count). The van der Waals surface area contributed by atoms with E-state index in [9.17, 15) is 0 Å². The molecule has 58 heavy (non-hydrogen) atoms. The molecule has 0 saturated heterocycles. The van der Waals surface area contributed by atoms with Gasteiger partial charge in [0.05, 0.1) is 22.5 Å². The first kappa shape index (κ1) is 34.1. The Kier molecular flexibility index (Phi) is 8.28. The number of benzene rings is 6. The average Bonchev–Trinajstić information content (AvgIpc) is 3.88. The minimum atomic E-state index is 0.597. The third-order valence-corrected chi connectivity index (χ3v) is 13.0. The van der Waals surface area contributed by atoms with Gasteiger partial charge in [-0.15, -0.1) is 22.7 Å². The van der Waals surface area contributed by atoms with Crippen LogP contribution in [0.4, 0.5) is 5.69 Å². The van der Waals surface area contributed by atoms with E-state index in [-0.39, 0.29) is 0 Å². The van der Waals surface area contributed by atoms with Crippen LogP contribution in [0.25, 0.3) is 108 Å². The Morgan fingerprint density at radius 2 is 1.10 bits per heavy atom. The molecular weight excluding hydrogens is 749 g/mol. The molecule has 4 heterocycles. The lowest BCUT2D eigenvalue weighted by Gasteiger charge is -2.11. The molecule has 0 fully saturated rings. The summed E-state index contributed by atoms with van der Waals surface area (Å²) in [5.74, 6) is 2.54. The molecule has 0 amide bonds. The van der Waals surface area contributed by atoms with E-state index in [0.717, 1.165) is 99.1 Å². The van der Waals surface area contributed by atoms with Crippen LogP contribution in [0.2, 0.25) is 0 Å². The number of hydrogen-bond donors (Lipinski definition) is 0. The third kappa shape index (κ3) is 5.88. The molecular formula is C50H30N6S2. The minimum absolute atomic E-state index is 0.597. The number of rotatable bonds is 6. The van der Waals surface area contributed by atoms with Crippen molar-refractivity contribution in [3.8, 4) is 56.7 Å². The fraction of sp³-hybridized carbons (Fsp3) is 0.0400. The highest BCUT2D eigenvalue weighted by Crippen LogP contribution is 2.45. The molecule has 6 nitrogen and oxygen atoms in total. The average molecular weight is 779 g/mol. The summed E-state index contributed by atoms with van der Waals surface area (Å²) < 4.78 is 4.60. The molecule has 0 bridgehead atoms. The van der Waals surface area contributed by atoms with Crippen molar-refractivity contribution in [2.75, 3.05) is 0 Å². The van der Waals surface area contributed by atoms with Gasteiger partial charge < -0.3 is 0 Å². The standard InChI is InChI=1S/C50H30N6S2/c1-51-35-28-26-31(27-29-35)30-22-24-34(25-23-30)48-54-47(33-14-6-3-7-15-33)55-49(56-48)38-18-11-21-41-42(38)37-17-10-19-39(45(37)58-41)50-52-43(32-12-4-2-5-13-32)46-44(53-50)36-16-8-9-20-40(36)57-46/h3-4,6-29H,2,5H2. The summed E-state index contributed by atoms with van der Waals surface area (Å²) in [4.78, 5) is 29.5. The Bertz CT molecular complexity index is 3340. The first-order valence-corrected chi connectivity index (χ1v) is 20.7. The van der Waals surface area contributed by atoms with Crippen LogP contribution in [-0.4, -0.2) is 24.9 Å². The molecule has 0 spiro atoms. The zero-order chi connectivity index (χ0) is 38.6. The van der Waals surface area contributed by atoms with Crippen LogP contribution in [0.1, 0.15) is 18.5 Å². The second-order valence-electron chi connectivity index (χ2n) is 14.2. The summed E-state index contributed by atoms with van der Waals surface area (Å²) >= 11 is 3.52. The van der Waals surface area contributed by atoms with Gasteiger partial charge in [0.1, 0.15) is 0 Å². The van der Waals surface area contributed by atoms with Crippen molar-refractivity contribution in [1.29, 1.82) is 0 Å². The number of allylic oxidation sites excluding steroid dienone is 4. The molecule has 272 valence electrons. The van der Waals surface area contributed by atoms with Crippen LogP contribution in [0.5, 0.6) is 0 Å². The second-order valence-corrected chi connectivity index (χ2v) is 16.3. The lowest BCUT2D eigenvalue weighted by atomic mass is 10.0. The van der Waals surface area contributed by atoms with E-state index in [1.165, 1.54) is 4.70 Å². The van der Waals surface area contributed by atoms with E-state index in [2.05, 4.69) is 108 Å². The lowest BCUT2D eigenvalue weighted by molar-refractivity contribution is 1.04. The lowest BCUT2D eigenvalue weighted by Crippen LogP contribution is -2.00. The quantitative estimate of drug-likeness (QED) is 0.157. The molecule has 0 N–H and O–H groups in total. The van der Waals surface area contributed by atoms with Gasteiger partial charge in [0.2, 0.25) is 0 Å². The number of aromatic nitrogens is 5. The van der Waals surface area contributed by atoms with Gasteiger partial charge >= 0.3 is 0 Å². The van der Waals surface area contributed by atoms with Gasteiger partial charge in [-0.2, -0.15) is 0 Å². The van der Waals surface area contributed by atoms with Crippen LogP contribution >= 0.6 is 22.7 Å². The summed E-state index contributed by atoms with van der Waals surface area (Å²) in [6, 6.07) is 47.4. The maximum Gasteiger partial charge on any atom is 0.187 e. The molecule has 0 saturated carbocycles. The molecule has 6 aromatic carbocycles. The number of thiophene rings is 2. The first-order chi connectivity index (χ1) is 28.7. The van der Waals surface area contributed by atoms with Crippen LogP contribution in [0.15, 0.2) is 158 Å². The van der Waals surface area contributed by atoms with Crippen molar-refractivity contribution in [1.82, 2.24) is 24.9 Å². The van der Waals surface area contributed by atoms with Crippen molar-refractivity contribution in [3.63, 3.8) is 0 Å². The van der Waals surface area contributed by atoms with Crippen molar-refractivity contribution in [2.45, 2.75) is 12.8 Å². The van der Waals surface area contributed by atoms with Gasteiger partial charge in [-0.25, -0.2) is 29.8 Å². The Labute approximate surface area is 342 Å². The summed E-state index contributed by atoms with van der Waals surface area (Å²) in [7, 11) is 0. The van der Waals surface area contributed by atoms with E-state index in [1.807, 2.05) is 54.6 Å². The highest BCUT2D eigenvalue weighted by molar-refractivity contribution is 7.26. The predicted octanol–water partition coefficient (Wildman–Crippen LogP) is 14.0. The maximum absolute atomic E-state index is 7.30. The van der Waals surface area contributed by atoms with Gasteiger partial charge in [0.25, 0.3) is 0 Å². The molecule has 1 aliphatic rings. The summed E-state index contributed by atoms with van der Waals surface area (Å²) in [6.45, 7) is 7.30. The van der Waals surface area contributed by atoms with Crippen molar-refractivity contribution in [2.24, 2.45) is 0 Å². The third-order valence-electron chi connectivity index (χ3n) is 10.6. The van der Waals surface area contributed by atoms with E-state index >= 15 is 0 Å². The number of hydrogen-bond acceptors (Lipinski definition) is 7. The Morgan fingerprint density at radius 3 is 1.88 bits per heavy atom. The minimum Gasteiger partial charge on any atom is -0.238 e. The number of fused-ring (bicyclic) bond motifs is 6. The molecule has 0 unspecified atom stereocenters. The van der Waals surface area contributed by atoms with Crippen molar-refractivity contribution < 1.29 is 0 Å². The van der Waals surface area contributed by atoms with E-state index in [4.69, 9.17) is 31.5 Å². The molecule has 0 atom stereocenters. The van der Waals surface area contributed by atoms with Gasteiger partial charge in [-0.05, 0) is 47.7 Å². The topological polar surface area (TPSA) is 68.8 Å². The highest BCUT2D eigenvalue weighted by atomic mass is 32.1. The predicted molar refractivity (Wildman–Crippen MR) is 241 cm³/mol. The molecule has 8 heteroatoms. The van der Waals surface area contributed by atoms with Gasteiger partial charge in [-0.3, -0.25) is 0 Å². The summed E-state index contributed by atoms with van der Waals surface area (Å²) in [5.41, 5.74) is 9.62. The second kappa shape index (κ2) is 14.1. The summed E-state index contributed by atoms with van der Waals surface area (Å²) in [5, 5.41) is 3.37. The van der Waals surface area contributed by atoms with Crippen LogP contribution < -0.4 is 0 Å². The van der Waals surface area contributed by atoms with E-state index < -0.39 is 0 Å². The zero-order valence-corrected chi connectivity index (χ0v) is 32.6. The van der Waals surface area contributed by atoms with Gasteiger partial charge in [0, 0.05) is 52.5 Å².